The van der Waals surface area contributed by atoms with Gasteiger partial charge in [0.2, 0.25) is 11.8 Å². The number of nitriles is 1. The molecule has 0 bridgehead atoms. The summed E-state index contributed by atoms with van der Waals surface area (Å²) in [5.41, 5.74) is 1.14. The lowest BCUT2D eigenvalue weighted by molar-refractivity contribution is -0.117. The molecule has 1 amide bonds. The molecule has 0 fully saturated rings. The SMILES string of the molecule is CCc1nnc2n1CCN(CC(=O)Nc1oc(C)c(C)c1C#N)C2. The van der Waals surface area contributed by atoms with Crippen molar-refractivity contribution < 1.29 is 9.21 Å². The molecule has 1 aliphatic rings. The van der Waals surface area contributed by atoms with Crippen molar-refractivity contribution in [3.8, 4) is 6.07 Å². The maximum Gasteiger partial charge on any atom is 0.240 e. The van der Waals surface area contributed by atoms with Gasteiger partial charge in [-0.25, -0.2) is 0 Å². The Morgan fingerprint density at radius 1 is 1.38 bits per heavy atom. The molecule has 3 rings (SSSR count). The number of carbonyl (C=O) groups is 1. The Bertz CT molecular complexity index is 813. The molecule has 0 aromatic carbocycles. The second-order valence-electron chi connectivity index (χ2n) is 5.90. The smallest absolute Gasteiger partial charge is 0.240 e. The van der Waals surface area contributed by atoms with Gasteiger partial charge < -0.3 is 8.98 Å². The molecule has 0 radical (unpaired) electrons. The van der Waals surface area contributed by atoms with Crippen molar-refractivity contribution >= 4 is 11.8 Å². The van der Waals surface area contributed by atoms with Crippen molar-refractivity contribution in [1.82, 2.24) is 19.7 Å². The van der Waals surface area contributed by atoms with Crippen LogP contribution in [0.2, 0.25) is 0 Å². The molecule has 0 saturated carbocycles. The van der Waals surface area contributed by atoms with Gasteiger partial charge in [-0.3, -0.25) is 15.0 Å². The van der Waals surface area contributed by atoms with Gasteiger partial charge in [-0.2, -0.15) is 5.26 Å². The number of hydrogen-bond acceptors (Lipinski definition) is 6. The third kappa shape index (κ3) is 2.90. The predicted molar refractivity (Wildman–Crippen MR) is 86.2 cm³/mol. The largest absolute Gasteiger partial charge is 0.444 e. The molecule has 0 saturated heterocycles. The fraction of sp³-hybridized carbons (Fsp3) is 0.500. The molecule has 8 heteroatoms. The van der Waals surface area contributed by atoms with Crippen LogP contribution in [0.25, 0.3) is 0 Å². The van der Waals surface area contributed by atoms with E-state index in [0.717, 1.165) is 36.7 Å². The molecule has 2 aromatic heterocycles. The van der Waals surface area contributed by atoms with Gasteiger partial charge in [-0.1, -0.05) is 6.92 Å². The fourth-order valence-corrected chi connectivity index (χ4v) is 2.88. The van der Waals surface area contributed by atoms with Crippen molar-refractivity contribution in [3.05, 3.63) is 28.5 Å². The van der Waals surface area contributed by atoms with Gasteiger partial charge >= 0.3 is 0 Å². The minimum absolute atomic E-state index is 0.205. The maximum atomic E-state index is 12.3. The fourth-order valence-electron chi connectivity index (χ4n) is 2.88. The first kappa shape index (κ1) is 16.2. The lowest BCUT2D eigenvalue weighted by Gasteiger charge is -2.26. The van der Waals surface area contributed by atoms with Crippen LogP contribution in [0.5, 0.6) is 0 Å². The Labute approximate surface area is 140 Å². The number of furan rings is 1. The van der Waals surface area contributed by atoms with E-state index in [0.29, 0.717) is 17.9 Å². The molecule has 3 heterocycles. The first-order valence-electron chi connectivity index (χ1n) is 7.96. The molecular formula is C16H20N6O2. The first-order valence-corrected chi connectivity index (χ1v) is 7.96. The van der Waals surface area contributed by atoms with Gasteiger partial charge in [0, 0.05) is 25.1 Å². The highest BCUT2D eigenvalue weighted by molar-refractivity contribution is 5.92. The third-order valence-corrected chi connectivity index (χ3v) is 4.34. The second-order valence-corrected chi connectivity index (χ2v) is 5.90. The average molecular weight is 328 g/mol. The first-order chi connectivity index (χ1) is 11.5. The number of carbonyl (C=O) groups excluding carboxylic acids is 1. The molecule has 0 spiro atoms. The van der Waals surface area contributed by atoms with Crippen LogP contribution in [-0.2, 0) is 24.3 Å². The van der Waals surface area contributed by atoms with Gasteiger partial charge in [0.15, 0.2) is 0 Å². The molecule has 0 atom stereocenters. The van der Waals surface area contributed by atoms with Crippen LogP contribution in [0.3, 0.4) is 0 Å². The molecule has 0 aliphatic carbocycles. The van der Waals surface area contributed by atoms with Crippen molar-refractivity contribution in [2.45, 2.75) is 40.3 Å². The quantitative estimate of drug-likeness (QED) is 0.910. The van der Waals surface area contributed by atoms with E-state index in [-0.39, 0.29) is 18.3 Å². The van der Waals surface area contributed by atoms with Crippen LogP contribution in [0, 0.1) is 25.2 Å². The van der Waals surface area contributed by atoms with Gasteiger partial charge in [-0.05, 0) is 13.8 Å². The minimum Gasteiger partial charge on any atom is -0.444 e. The van der Waals surface area contributed by atoms with E-state index in [1.165, 1.54) is 0 Å². The summed E-state index contributed by atoms with van der Waals surface area (Å²) in [6.07, 6.45) is 0.849. The van der Waals surface area contributed by atoms with E-state index >= 15 is 0 Å². The van der Waals surface area contributed by atoms with Crippen molar-refractivity contribution in [2.75, 3.05) is 18.4 Å². The Kier molecular flexibility index (Phi) is 4.36. The summed E-state index contributed by atoms with van der Waals surface area (Å²) < 4.78 is 7.58. The standard InChI is InChI=1S/C16H20N6O2/c1-4-13-19-20-14-8-21(5-6-22(13)14)9-15(23)18-16-12(7-17)10(2)11(3)24-16/h4-6,8-9H2,1-3H3,(H,18,23). The van der Waals surface area contributed by atoms with E-state index < -0.39 is 0 Å². The zero-order valence-corrected chi connectivity index (χ0v) is 14.1. The molecule has 126 valence electrons. The second kappa shape index (κ2) is 6.45. The number of nitrogens with one attached hydrogen (secondary N) is 1. The lowest BCUT2D eigenvalue weighted by atomic mass is 10.2. The molecule has 0 unspecified atom stereocenters. The summed E-state index contributed by atoms with van der Waals surface area (Å²) in [4.78, 5) is 14.3. The Hall–Kier alpha value is -2.66. The summed E-state index contributed by atoms with van der Waals surface area (Å²) in [6.45, 7) is 7.97. The van der Waals surface area contributed by atoms with E-state index in [4.69, 9.17) is 4.42 Å². The highest BCUT2D eigenvalue weighted by atomic mass is 16.4. The van der Waals surface area contributed by atoms with Gasteiger partial charge in [0.05, 0.1) is 13.1 Å². The monoisotopic (exact) mass is 328 g/mol. The van der Waals surface area contributed by atoms with Crippen LogP contribution >= 0.6 is 0 Å². The Morgan fingerprint density at radius 3 is 2.88 bits per heavy atom. The summed E-state index contributed by atoms with van der Waals surface area (Å²) >= 11 is 0. The van der Waals surface area contributed by atoms with Crippen molar-refractivity contribution in [2.24, 2.45) is 0 Å². The molecule has 24 heavy (non-hydrogen) atoms. The van der Waals surface area contributed by atoms with Crippen LogP contribution < -0.4 is 5.32 Å². The van der Waals surface area contributed by atoms with Gasteiger partial charge in [-0.15, -0.1) is 10.2 Å². The number of hydrogen-bond donors (Lipinski definition) is 1. The van der Waals surface area contributed by atoms with Crippen LogP contribution in [0.1, 0.15) is 35.5 Å². The number of anilines is 1. The van der Waals surface area contributed by atoms with Gasteiger partial charge in [0.25, 0.3) is 0 Å². The minimum atomic E-state index is -0.205. The Morgan fingerprint density at radius 2 is 2.17 bits per heavy atom. The number of aromatic nitrogens is 3. The van der Waals surface area contributed by atoms with E-state index in [1.54, 1.807) is 13.8 Å². The highest BCUT2D eigenvalue weighted by Crippen LogP contribution is 2.25. The summed E-state index contributed by atoms with van der Waals surface area (Å²) in [7, 11) is 0. The molecule has 2 aromatic rings. The van der Waals surface area contributed by atoms with Crippen LogP contribution in [0.4, 0.5) is 5.88 Å². The lowest BCUT2D eigenvalue weighted by Crippen LogP contribution is -2.39. The summed E-state index contributed by atoms with van der Waals surface area (Å²) in [5, 5.41) is 20.2. The zero-order chi connectivity index (χ0) is 17.3. The highest BCUT2D eigenvalue weighted by Gasteiger charge is 2.23. The molecule has 1 aliphatic heterocycles. The van der Waals surface area contributed by atoms with Crippen LogP contribution in [0.15, 0.2) is 4.42 Å². The topological polar surface area (TPSA) is 100.0 Å². The van der Waals surface area contributed by atoms with Crippen molar-refractivity contribution in [3.63, 3.8) is 0 Å². The predicted octanol–water partition coefficient (Wildman–Crippen LogP) is 1.38. The van der Waals surface area contributed by atoms with Crippen molar-refractivity contribution in [1.29, 1.82) is 5.26 Å². The third-order valence-electron chi connectivity index (χ3n) is 4.34. The van der Waals surface area contributed by atoms with Crippen LogP contribution in [-0.4, -0.2) is 38.7 Å². The van der Waals surface area contributed by atoms with E-state index in [1.807, 2.05) is 4.90 Å². The number of fused-ring (bicyclic) bond motifs is 1. The zero-order valence-electron chi connectivity index (χ0n) is 14.1. The molecule has 1 N–H and O–H groups in total. The number of rotatable bonds is 4. The number of aryl methyl sites for hydroxylation is 2. The Balaban J connectivity index is 1.64. The molecule has 8 nitrogen and oxygen atoms in total. The molecular weight excluding hydrogens is 308 g/mol. The maximum absolute atomic E-state index is 12.3. The average Bonchev–Trinajstić information content (AvgIpc) is 3.08. The van der Waals surface area contributed by atoms with E-state index in [2.05, 4.69) is 33.1 Å². The number of nitrogens with zero attached hydrogens (tertiary/aromatic N) is 5. The summed E-state index contributed by atoms with van der Waals surface area (Å²) in [6, 6.07) is 2.07. The van der Waals surface area contributed by atoms with Gasteiger partial charge in [0.1, 0.15) is 29.0 Å². The van der Waals surface area contributed by atoms with E-state index in [9.17, 15) is 10.1 Å². The number of amides is 1. The summed E-state index contributed by atoms with van der Waals surface area (Å²) in [5.74, 6) is 2.53. The normalized spacial score (nSPS) is 14.2.